The highest BCUT2D eigenvalue weighted by atomic mass is 16.5. The van der Waals surface area contributed by atoms with Gasteiger partial charge in [-0.15, -0.1) is 5.10 Å². The molecule has 0 saturated heterocycles. The highest BCUT2D eigenvalue weighted by Crippen LogP contribution is 2.34. The predicted molar refractivity (Wildman–Crippen MR) is 110 cm³/mol. The van der Waals surface area contributed by atoms with Gasteiger partial charge in [0.1, 0.15) is 11.2 Å². The van der Waals surface area contributed by atoms with Gasteiger partial charge in [-0.1, -0.05) is 41.6 Å². The maximum atomic E-state index is 12.6. The normalized spacial score (nSPS) is 11.3. The van der Waals surface area contributed by atoms with Gasteiger partial charge in [0.2, 0.25) is 0 Å². The molecule has 0 aliphatic heterocycles. The lowest BCUT2D eigenvalue weighted by molar-refractivity contribution is 0.0596. The van der Waals surface area contributed by atoms with Gasteiger partial charge in [0.15, 0.2) is 5.69 Å². The molecule has 0 aliphatic carbocycles. The topological polar surface area (TPSA) is 87.7 Å². The van der Waals surface area contributed by atoms with E-state index in [9.17, 15) is 9.59 Å². The lowest BCUT2D eigenvalue weighted by atomic mass is 10.1. The van der Waals surface area contributed by atoms with Crippen LogP contribution in [-0.4, -0.2) is 45.6 Å². The molecule has 0 aliphatic rings. The van der Waals surface area contributed by atoms with Crippen LogP contribution in [0.15, 0.2) is 60.7 Å². The van der Waals surface area contributed by atoms with Crippen LogP contribution in [0.5, 0.6) is 0 Å². The first-order valence-corrected chi connectivity index (χ1v) is 9.19. The van der Waals surface area contributed by atoms with Crippen LogP contribution in [0.1, 0.15) is 20.8 Å². The summed E-state index contributed by atoms with van der Waals surface area (Å²) in [6.45, 7) is 0. The molecule has 0 atom stereocenters. The number of methoxy groups -OCH3 is 2. The Hall–Kier alpha value is -4.20. The standard InChI is InChI=1S/C22H16N4O4/c1-29-21(27)16-12-15-14-10-6-7-11-17(14)25(13-8-4-3-5-9-13)20(15)26-19(16)18(23-24-26)22(28)30-2/h3-12H,1-2H3. The second-order valence-corrected chi connectivity index (χ2v) is 6.67. The number of carbonyl (C=O) groups excluding carboxylic acids is 2. The van der Waals surface area contributed by atoms with Gasteiger partial charge < -0.3 is 9.47 Å². The summed E-state index contributed by atoms with van der Waals surface area (Å²) in [6.07, 6.45) is 0. The van der Waals surface area contributed by atoms with Gasteiger partial charge in [-0.05, 0) is 24.3 Å². The van der Waals surface area contributed by atoms with Gasteiger partial charge in [-0.25, -0.2) is 9.59 Å². The molecule has 8 nitrogen and oxygen atoms in total. The minimum atomic E-state index is -0.683. The summed E-state index contributed by atoms with van der Waals surface area (Å²) in [5, 5.41) is 9.94. The molecule has 0 amide bonds. The number of pyridine rings is 1. The fourth-order valence-electron chi connectivity index (χ4n) is 3.83. The Labute approximate surface area is 170 Å². The van der Waals surface area contributed by atoms with E-state index in [0.717, 1.165) is 22.0 Å². The van der Waals surface area contributed by atoms with E-state index in [4.69, 9.17) is 9.47 Å². The van der Waals surface area contributed by atoms with Crippen molar-refractivity contribution in [2.45, 2.75) is 0 Å². The molecule has 0 fully saturated rings. The van der Waals surface area contributed by atoms with E-state index < -0.39 is 11.9 Å². The molecule has 0 bridgehead atoms. The minimum absolute atomic E-state index is 0.0512. The van der Waals surface area contributed by atoms with Crippen molar-refractivity contribution in [1.82, 2.24) is 19.4 Å². The molecule has 0 radical (unpaired) electrons. The van der Waals surface area contributed by atoms with E-state index in [-0.39, 0.29) is 16.8 Å². The molecule has 5 aromatic rings. The number of hydrogen-bond acceptors (Lipinski definition) is 6. The van der Waals surface area contributed by atoms with Crippen LogP contribution in [0.4, 0.5) is 0 Å². The molecule has 0 N–H and O–H groups in total. The first kappa shape index (κ1) is 17.9. The van der Waals surface area contributed by atoms with E-state index in [1.807, 2.05) is 59.2 Å². The SMILES string of the molecule is COC(=O)c1cc2c3ccccc3n(-c3ccccc3)c2n2nnc(C(=O)OC)c12. The van der Waals surface area contributed by atoms with Crippen LogP contribution in [-0.2, 0) is 9.47 Å². The van der Waals surface area contributed by atoms with E-state index in [0.29, 0.717) is 5.65 Å². The molecule has 0 spiro atoms. The van der Waals surface area contributed by atoms with Gasteiger partial charge >= 0.3 is 11.9 Å². The van der Waals surface area contributed by atoms with Crippen molar-refractivity contribution in [2.24, 2.45) is 0 Å². The zero-order valence-corrected chi connectivity index (χ0v) is 16.2. The van der Waals surface area contributed by atoms with Crippen molar-refractivity contribution < 1.29 is 19.1 Å². The third-order valence-corrected chi connectivity index (χ3v) is 5.10. The molecule has 0 saturated carbocycles. The number of rotatable bonds is 3. The first-order valence-electron chi connectivity index (χ1n) is 9.19. The van der Waals surface area contributed by atoms with Crippen LogP contribution in [0.25, 0.3) is 33.1 Å². The molecular weight excluding hydrogens is 384 g/mol. The molecule has 8 heteroatoms. The third kappa shape index (κ3) is 2.40. The van der Waals surface area contributed by atoms with E-state index >= 15 is 0 Å². The highest BCUT2D eigenvalue weighted by Gasteiger charge is 2.27. The number of ether oxygens (including phenoxy) is 2. The second kappa shape index (κ2) is 6.70. The number of benzene rings is 2. The van der Waals surface area contributed by atoms with Crippen LogP contribution in [0, 0.1) is 0 Å². The Bertz CT molecular complexity index is 1450. The van der Waals surface area contributed by atoms with E-state index in [1.54, 1.807) is 6.07 Å². The quantitative estimate of drug-likeness (QED) is 0.432. The summed E-state index contributed by atoms with van der Waals surface area (Å²) in [5.74, 6) is -1.28. The fourth-order valence-corrected chi connectivity index (χ4v) is 3.83. The second-order valence-electron chi connectivity index (χ2n) is 6.67. The zero-order chi connectivity index (χ0) is 20.8. The fraction of sp³-hybridized carbons (Fsp3) is 0.0909. The number of fused-ring (bicyclic) bond motifs is 5. The van der Waals surface area contributed by atoms with E-state index in [2.05, 4.69) is 10.3 Å². The van der Waals surface area contributed by atoms with Crippen LogP contribution in [0.2, 0.25) is 0 Å². The largest absolute Gasteiger partial charge is 0.465 e. The minimum Gasteiger partial charge on any atom is -0.465 e. The zero-order valence-electron chi connectivity index (χ0n) is 16.2. The van der Waals surface area contributed by atoms with Crippen LogP contribution >= 0.6 is 0 Å². The number of para-hydroxylation sites is 2. The molecule has 3 heterocycles. The van der Waals surface area contributed by atoms with Gasteiger partial charge in [-0.3, -0.25) is 4.57 Å². The maximum Gasteiger partial charge on any atom is 0.360 e. The Morgan fingerprint density at radius 1 is 0.867 bits per heavy atom. The van der Waals surface area contributed by atoms with Gasteiger partial charge in [-0.2, -0.15) is 4.52 Å². The predicted octanol–water partition coefficient (Wildman–Crippen LogP) is 3.40. The number of hydrogen-bond donors (Lipinski definition) is 0. The Morgan fingerprint density at radius 3 is 2.30 bits per heavy atom. The summed E-state index contributed by atoms with van der Waals surface area (Å²) >= 11 is 0. The lowest BCUT2D eigenvalue weighted by Crippen LogP contribution is -2.10. The summed E-state index contributed by atoms with van der Waals surface area (Å²) in [7, 11) is 2.54. The van der Waals surface area contributed by atoms with Crippen molar-refractivity contribution in [3.63, 3.8) is 0 Å². The monoisotopic (exact) mass is 400 g/mol. The Balaban J connectivity index is 2.04. The number of nitrogens with zero attached hydrogens (tertiary/aromatic N) is 4. The van der Waals surface area contributed by atoms with Crippen LogP contribution in [0.3, 0.4) is 0 Å². The molecule has 2 aromatic carbocycles. The molecular formula is C22H16N4O4. The molecule has 148 valence electrons. The Kier molecular flexibility index (Phi) is 3.99. The summed E-state index contributed by atoms with van der Waals surface area (Å²) in [6, 6.07) is 19.3. The summed E-state index contributed by atoms with van der Waals surface area (Å²) in [4.78, 5) is 24.9. The third-order valence-electron chi connectivity index (χ3n) is 5.10. The number of aromatic nitrogens is 4. The van der Waals surface area contributed by atoms with Crippen molar-refractivity contribution in [1.29, 1.82) is 0 Å². The van der Waals surface area contributed by atoms with Gasteiger partial charge in [0.05, 0.1) is 25.3 Å². The van der Waals surface area contributed by atoms with Crippen molar-refractivity contribution in [2.75, 3.05) is 14.2 Å². The highest BCUT2D eigenvalue weighted by molar-refractivity contribution is 6.14. The lowest BCUT2D eigenvalue weighted by Gasteiger charge is -2.09. The molecule has 5 rings (SSSR count). The van der Waals surface area contributed by atoms with Crippen LogP contribution < -0.4 is 0 Å². The number of esters is 2. The average molecular weight is 400 g/mol. The molecule has 30 heavy (non-hydrogen) atoms. The Morgan fingerprint density at radius 2 is 1.57 bits per heavy atom. The van der Waals surface area contributed by atoms with Crippen molar-refractivity contribution in [3.8, 4) is 5.69 Å². The molecule has 0 unspecified atom stereocenters. The maximum absolute atomic E-state index is 12.6. The molecule has 3 aromatic heterocycles. The van der Waals surface area contributed by atoms with Crippen molar-refractivity contribution in [3.05, 3.63) is 71.9 Å². The van der Waals surface area contributed by atoms with Gasteiger partial charge in [0, 0.05) is 16.5 Å². The number of carbonyl (C=O) groups is 2. The first-order chi connectivity index (χ1) is 14.7. The summed E-state index contributed by atoms with van der Waals surface area (Å²) < 4.78 is 13.3. The summed E-state index contributed by atoms with van der Waals surface area (Å²) in [5.41, 5.74) is 2.88. The van der Waals surface area contributed by atoms with E-state index in [1.165, 1.54) is 18.7 Å². The smallest absolute Gasteiger partial charge is 0.360 e. The van der Waals surface area contributed by atoms with Crippen molar-refractivity contribution >= 4 is 39.4 Å². The average Bonchev–Trinajstić information content (AvgIpc) is 3.37. The van der Waals surface area contributed by atoms with Gasteiger partial charge in [0.25, 0.3) is 0 Å².